The van der Waals surface area contributed by atoms with E-state index in [4.69, 9.17) is 0 Å². The minimum atomic E-state index is 1.24. The van der Waals surface area contributed by atoms with Gasteiger partial charge in [0.1, 0.15) is 0 Å². The number of rotatable bonds is 2. The molecule has 0 heterocycles. The van der Waals surface area contributed by atoms with Crippen molar-refractivity contribution in [3.05, 3.63) is 170 Å². The summed E-state index contributed by atoms with van der Waals surface area (Å²) < 4.78 is 0. The molecule has 0 fully saturated rings. The molecule has 0 radical (unpaired) electrons. The van der Waals surface area contributed by atoms with Gasteiger partial charge in [0.2, 0.25) is 0 Å². The molecule has 0 aliphatic heterocycles. The lowest BCUT2D eigenvalue weighted by molar-refractivity contribution is 1.64. The fraction of sp³-hybridized carbons (Fsp3) is 0. The zero-order valence-corrected chi connectivity index (χ0v) is 25.2. The third kappa shape index (κ3) is 3.62. The SMILES string of the molecule is c1ccc2cc(-c3ccc4ccccc4c3-c3ccc4c(c3)c3ccccc3c3c5ccccc5c5ccccc5c43)ccc2c1. The summed E-state index contributed by atoms with van der Waals surface area (Å²) in [5.74, 6) is 0. The lowest BCUT2D eigenvalue weighted by Gasteiger charge is -2.18. The van der Waals surface area contributed by atoms with Crippen LogP contribution >= 0.6 is 0 Å². The highest BCUT2D eigenvalue weighted by atomic mass is 14.2. The summed E-state index contributed by atoms with van der Waals surface area (Å²) in [6.45, 7) is 0. The molecular formula is C46H28. The molecule has 0 saturated heterocycles. The molecule has 0 bridgehead atoms. The smallest absolute Gasteiger partial charge is 0.00139 e. The quantitative estimate of drug-likeness (QED) is 0.178. The first-order chi connectivity index (χ1) is 22.8. The van der Waals surface area contributed by atoms with Gasteiger partial charge in [-0.2, -0.15) is 0 Å². The van der Waals surface area contributed by atoms with Crippen LogP contribution in [0.1, 0.15) is 0 Å². The van der Waals surface area contributed by atoms with Crippen LogP contribution in [0, 0.1) is 0 Å². The van der Waals surface area contributed by atoms with Crippen LogP contribution in [0.4, 0.5) is 0 Å². The lowest BCUT2D eigenvalue weighted by Crippen LogP contribution is -1.91. The summed E-state index contributed by atoms with van der Waals surface area (Å²) in [7, 11) is 0. The highest BCUT2D eigenvalue weighted by Crippen LogP contribution is 2.46. The maximum atomic E-state index is 2.45. The first kappa shape index (κ1) is 25.4. The molecule has 0 unspecified atom stereocenters. The number of hydrogen-bond donors (Lipinski definition) is 0. The molecule has 0 heteroatoms. The molecule has 0 saturated carbocycles. The third-order valence-electron chi connectivity index (χ3n) is 9.99. The molecule has 46 heavy (non-hydrogen) atoms. The average molecular weight is 581 g/mol. The lowest BCUT2D eigenvalue weighted by atomic mass is 9.85. The first-order valence-corrected chi connectivity index (χ1v) is 16.0. The van der Waals surface area contributed by atoms with Crippen LogP contribution < -0.4 is 0 Å². The zero-order chi connectivity index (χ0) is 30.2. The van der Waals surface area contributed by atoms with Crippen LogP contribution in [-0.4, -0.2) is 0 Å². The number of benzene rings is 10. The summed E-state index contributed by atoms with van der Waals surface area (Å²) in [4.78, 5) is 0. The second-order valence-corrected chi connectivity index (χ2v) is 12.4. The highest BCUT2D eigenvalue weighted by Gasteiger charge is 2.18. The van der Waals surface area contributed by atoms with Gasteiger partial charge in [-0.1, -0.05) is 158 Å². The van der Waals surface area contributed by atoms with Crippen molar-refractivity contribution in [3.8, 4) is 22.3 Å². The fourth-order valence-corrected chi connectivity index (χ4v) is 7.96. The van der Waals surface area contributed by atoms with Crippen LogP contribution in [0.5, 0.6) is 0 Å². The second-order valence-electron chi connectivity index (χ2n) is 12.4. The van der Waals surface area contributed by atoms with Crippen molar-refractivity contribution in [1.29, 1.82) is 0 Å². The Hall–Kier alpha value is -5.98. The largest absolute Gasteiger partial charge is 0.0616 e. The molecule has 0 atom stereocenters. The van der Waals surface area contributed by atoms with E-state index in [1.165, 1.54) is 97.7 Å². The van der Waals surface area contributed by atoms with E-state index in [-0.39, 0.29) is 0 Å². The topological polar surface area (TPSA) is 0 Å². The Morgan fingerprint density at radius 3 is 1.35 bits per heavy atom. The molecule has 0 aliphatic carbocycles. The van der Waals surface area contributed by atoms with E-state index in [1.807, 2.05) is 0 Å². The molecule has 0 aliphatic rings. The van der Waals surface area contributed by atoms with Crippen LogP contribution in [0.2, 0.25) is 0 Å². The van der Waals surface area contributed by atoms with Crippen LogP contribution in [-0.2, 0) is 0 Å². The first-order valence-electron chi connectivity index (χ1n) is 16.0. The van der Waals surface area contributed by atoms with Gasteiger partial charge < -0.3 is 0 Å². The van der Waals surface area contributed by atoms with Crippen molar-refractivity contribution >= 4 is 75.4 Å². The van der Waals surface area contributed by atoms with Crippen molar-refractivity contribution < 1.29 is 0 Å². The summed E-state index contributed by atoms with van der Waals surface area (Å²) in [5.41, 5.74) is 5.01. The minimum Gasteiger partial charge on any atom is -0.0616 e. The molecule has 0 nitrogen and oxygen atoms in total. The molecule has 212 valence electrons. The average Bonchev–Trinajstić information content (AvgIpc) is 3.13. The van der Waals surface area contributed by atoms with E-state index in [0.717, 1.165) is 0 Å². The summed E-state index contributed by atoms with van der Waals surface area (Å²) in [6, 6.07) is 62.9. The Balaban J connectivity index is 1.35. The Bertz CT molecular complexity index is 2850. The van der Waals surface area contributed by atoms with Gasteiger partial charge in [-0.3, -0.25) is 0 Å². The summed E-state index contributed by atoms with van der Waals surface area (Å²) in [5, 5.41) is 18.1. The Morgan fingerprint density at radius 1 is 0.239 bits per heavy atom. The third-order valence-corrected chi connectivity index (χ3v) is 9.99. The standard InChI is InChI=1S/C46H28/c1-2-13-31-27-32(22-21-29(31)11-1)35-25-23-30-12-3-4-14-34(30)44(35)33-24-26-42-43(28-33)38-17-7-10-20-41(38)45-39-18-8-5-15-36(39)37-16-6-9-19-40(37)46(42)45/h1-28H. The van der Waals surface area contributed by atoms with Gasteiger partial charge in [-0.05, 0) is 110 Å². The van der Waals surface area contributed by atoms with E-state index < -0.39 is 0 Å². The van der Waals surface area contributed by atoms with Gasteiger partial charge in [-0.25, -0.2) is 0 Å². The molecule has 0 amide bonds. The van der Waals surface area contributed by atoms with E-state index in [2.05, 4.69) is 170 Å². The van der Waals surface area contributed by atoms with Crippen molar-refractivity contribution in [1.82, 2.24) is 0 Å². The molecule has 0 aromatic heterocycles. The number of hydrogen-bond acceptors (Lipinski definition) is 0. The Kier molecular flexibility index (Phi) is 5.38. The maximum absolute atomic E-state index is 2.45. The molecular weight excluding hydrogens is 553 g/mol. The van der Waals surface area contributed by atoms with Crippen LogP contribution in [0.15, 0.2) is 170 Å². The predicted molar refractivity (Wildman–Crippen MR) is 200 cm³/mol. The van der Waals surface area contributed by atoms with Crippen molar-refractivity contribution in [2.45, 2.75) is 0 Å². The van der Waals surface area contributed by atoms with E-state index in [0.29, 0.717) is 0 Å². The predicted octanol–water partition coefficient (Wildman–Crippen LogP) is 13.1. The van der Waals surface area contributed by atoms with Gasteiger partial charge in [0.05, 0.1) is 0 Å². The minimum absolute atomic E-state index is 1.24. The van der Waals surface area contributed by atoms with Gasteiger partial charge in [0.25, 0.3) is 0 Å². The number of fused-ring (bicyclic) bond motifs is 13. The second kappa shape index (κ2) is 9.76. The Morgan fingerprint density at radius 2 is 0.696 bits per heavy atom. The van der Waals surface area contributed by atoms with Crippen molar-refractivity contribution in [2.75, 3.05) is 0 Å². The normalized spacial score (nSPS) is 11.9. The van der Waals surface area contributed by atoms with Gasteiger partial charge >= 0.3 is 0 Å². The Labute approximate surface area is 266 Å². The molecule has 10 rings (SSSR count). The van der Waals surface area contributed by atoms with Gasteiger partial charge in [-0.15, -0.1) is 0 Å². The monoisotopic (exact) mass is 580 g/mol. The fourth-order valence-electron chi connectivity index (χ4n) is 7.96. The highest BCUT2D eigenvalue weighted by molar-refractivity contribution is 6.39. The zero-order valence-electron chi connectivity index (χ0n) is 25.2. The van der Waals surface area contributed by atoms with Gasteiger partial charge in [0.15, 0.2) is 0 Å². The van der Waals surface area contributed by atoms with Crippen LogP contribution in [0.25, 0.3) is 97.7 Å². The van der Waals surface area contributed by atoms with E-state index in [1.54, 1.807) is 0 Å². The summed E-state index contributed by atoms with van der Waals surface area (Å²) in [6.07, 6.45) is 0. The van der Waals surface area contributed by atoms with E-state index in [9.17, 15) is 0 Å². The molecule has 10 aromatic carbocycles. The molecule has 0 N–H and O–H groups in total. The maximum Gasteiger partial charge on any atom is -0.00139 e. The molecule has 0 spiro atoms. The van der Waals surface area contributed by atoms with Crippen LogP contribution in [0.3, 0.4) is 0 Å². The van der Waals surface area contributed by atoms with Crippen molar-refractivity contribution in [3.63, 3.8) is 0 Å². The van der Waals surface area contributed by atoms with Gasteiger partial charge in [0, 0.05) is 0 Å². The molecule has 10 aromatic rings. The van der Waals surface area contributed by atoms with Crippen molar-refractivity contribution in [2.24, 2.45) is 0 Å². The van der Waals surface area contributed by atoms with E-state index >= 15 is 0 Å². The summed E-state index contributed by atoms with van der Waals surface area (Å²) >= 11 is 0.